The number of aromatic nitrogens is 2. The van der Waals surface area contributed by atoms with Crippen LogP contribution in [0.1, 0.15) is 11.1 Å². The normalized spacial score (nSPS) is 11.8. The second kappa shape index (κ2) is 4.47. The highest BCUT2D eigenvalue weighted by atomic mass is 35.5. The molecule has 0 aliphatic rings. The molecular weight excluding hydrogens is 240 g/mol. The first-order valence-electron chi connectivity index (χ1n) is 4.91. The van der Waals surface area contributed by atoms with Crippen molar-refractivity contribution in [2.75, 3.05) is 0 Å². The van der Waals surface area contributed by atoms with Crippen LogP contribution in [0, 0.1) is 6.92 Å². The van der Waals surface area contributed by atoms with Crippen molar-refractivity contribution in [2.45, 2.75) is 6.92 Å². The lowest BCUT2D eigenvalue weighted by Gasteiger charge is -2.07. The van der Waals surface area contributed by atoms with Crippen molar-refractivity contribution in [3.05, 3.63) is 46.7 Å². The Morgan fingerprint density at radius 1 is 1.53 bits per heavy atom. The summed E-state index contributed by atoms with van der Waals surface area (Å²) in [7, 11) is 0. The van der Waals surface area contributed by atoms with E-state index >= 15 is 0 Å². The van der Waals surface area contributed by atoms with Crippen LogP contribution in [0.25, 0.3) is 5.69 Å². The summed E-state index contributed by atoms with van der Waals surface area (Å²) in [4.78, 5) is 0. The minimum Gasteiger partial charge on any atom is -0.409 e. The maximum atomic E-state index is 8.63. The Morgan fingerprint density at radius 2 is 2.29 bits per heavy atom. The Balaban J connectivity index is 2.44. The molecule has 0 unspecified atom stereocenters. The molecule has 5 nitrogen and oxygen atoms in total. The van der Waals surface area contributed by atoms with Gasteiger partial charge in [-0.3, -0.25) is 0 Å². The zero-order valence-electron chi connectivity index (χ0n) is 9.13. The van der Waals surface area contributed by atoms with Crippen molar-refractivity contribution < 1.29 is 5.21 Å². The number of amidine groups is 1. The van der Waals surface area contributed by atoms with Crippen LogP contribution in [0.5, 0.6) is 0 Å². The summed E-state index contributed by atoms with van der Waals surface area (Å²) >= 11 is 5.80. The van der Waals surface area contributed by atoms with Gasteiger partial charge in [0.15, 0.2) is 5.84 Å². The van der Waals surface area contributed by atoms with Gasteiger partial charge in [0, 0.05) is 11.8 Å². The summed E-state index contributed by atoms with van der Waals surface area (Å²) in [6.07, 6.45) is 3.27. The zero-order chi connectivity index (χ0) is 12.4. The fraction of sp³-hybridized carbons (Fsp3) is 0.0909. The number of rotatable bonds is 2. The Bertz CT molecular complexity index is 577. The van der Waals surface area contributed by atoms with Gasteiger partial charge in [-0.1, -0.05) is 16.8 Å². The maximum Gasteiger partial charge on any atom is 0.170 e. The number of aryl methyl sites for hydroxylation is 1. The lowest BCUT2D eigenvalue weighted by Crippen LogP contribution is -2.14. The van der Waals surface area contributed by atoms with Crippen LogP contribution >= 0.6 is 11.6 Å². The molecule has 0 fully saturated rings. The second-order valence-electron chi connectivity index (χ2n) is 3.59. The number of oxime groups is 1. The number of halogens is 1. The van der Waals surface area contributed by atoms with Gasteiger partial charge >= 0.3 is 0 Å². The standard InChI is InChI=1S/C11H11ClN4O/c1-7-4-9(16-6-8(12)5-14-16)2-3-10(7)11(13)15-17/h2-6,17H,1H3,(H2,13,15). The third kappa shape index (κ3) is 2.24. The van der Waals surface area contributed by atoms with Crippen molar-refractivity contribution in [3.8, 4) is 5.69 Å². The third-order valence-corrected chi connectivity index (χ3v) is 2.60. The van der Waals surface area contributed by atoms with Crippen LogP contribution in [0.4, 0.5) is 0 Å². The minimum absolute atomic E-state index is 0.0903. The van der Waals surface area contributed by atoms with Crippen molar-refractivity contribution in [1.82, 2.24) is 9.78 Å². The van der Waals surface area contributed by atoms with Gasteiger partial charge in [-0.2, -0.15) is 5.10 Å². The number of hydrogen-bond acceptors (Lipinski definition) is 3. The number of nitrogens with two attached hydrogens (primary N) is 1. The Hall–Kier alpha value is -2.01. The molecule has 0 spiro atoms. The quantitative estimate of drug-likeness (QED) is 0.370. The predicted molar refractivity (Wildman–Crippen MR) is 65.8 cm³/mol. The number of benzene rings is 1. The number of hydrogen-bond donors (Lipinski definition) is 2. The SMILES string of the molecule is Cc1cc(-n2cc(Cl)cn2)ccc1/C(N)=N/O. The highest BCUT2D eigenvalue weighted by molar-refractivity contribution is 6.30. The molecule has 0 amide bonds. The molecule has 17 heavy (non-hydrogen) atoms. The van der Waals surface area contributed by atoms with Gasteiger partial charge in [0.25, 0.3) is 0 Å². The molecule has 0 saturated heterocycles. The van der Waals surface area contributed by atoms with Gasteiger partial charge in [0.2, 0.25) is 0 Å². The summed E-state index contributed by atoms with van der Waals surface area (Å²) < 4.78 is 1.66. The van der Waals surface area contributed by atoms with E-state index < -0.39 is 0 Å². The Labute approximate surface area is 103 Å². The van der Waals surface area contributed by atoms with E-state index in [9.17, 15) is 0 Å². The number of nitrogens with zero attached hydrogens (tertiary/aromatic N) is 3. The van der Waals surface area contributed by atoms with E-state index in [1.165, 1.54) is 0 Å². The highest BCUT2D eigenvalue weighted by Gasteiger charge is 2.06. The lowest BCUT2D eigenvalue weighted by atomic mass is 10.1. The molecule has 0 saturated carbocycles. The van der Waals surface area contributed by atoms with Crippen molar-refractivity contribution in [3.63, 3.8) is 0 Å². The molecule has 1 aromatic carbocycles. The fourth-order valence-corrected chi connectivity index (χ4v) is 1.71. The van der Waals surface area contributed by atoms with Gasteiger partial charge in [-0.25, -0.2) is 4.68 Å². The van der Waals surface area contributed by atoms with E-state index in [2.05, 4.69) is 10.3 Å². The van der Waals surface area contributed by atoms with Gasteiger partial charge in [0.05, 0.1) is 16.9 Å². The minimum atomic E-state index is 0.0903. The van der Waals surface area contributed by atoms with Gasteiger partial charge in [-0.05, 0) is 30.7 Å². The van der Waals surface area contributed by atoms with Crippen LogP contribution in [0.2, 0.25) is 5.02 Å². The highest BCUT2D eigenvalue weighted by Crippen LogP contribution is 2.16. The summed E-state index contributed by atoms with van der Waals surface area (Å²) in [6.45, 7) is 1.88. The first kappa shape index (κ1) is 11.5. The average Bonchev–Trinajstić information content (AvgIpc) is 2.75. The van der Waals surface area contributed by atoms with E-state index in [0.717, 1.165) is 11.3 Å². The topological polar surface area (TPSA) is 76.4 Å². The lowest BCUT2D eigenvalue weighted by molar-refractivity contribution is 0.318. The fourth-order valence-electron chi connectivity index (χ4n) is 1.57. The van der Waals surface area contributed by atoms with E-state index in [1.54, 1.807) is 23.1 Å². The Morgan fingerprint density at radius 3 is 2.82 bits per heavy atom. The summed E-state index contributed by atoms with van der Waals surface area (Å²) in [6, 6.07) is 5.48. The molecule has 0 bridgehead atoms. The molecule has 2 rings (SSSR count). The molecule has 2 aromatic rings. The van der Waals surface area contributed by atoms with Crippen molar-refractivity contribution >= 4 is 17.4 Å². The summed E-state index contributed by atoms with van der Waals surface area (Å²) in [5.41, 5.74) is 7.99. The van der Waals surface area contributed by atoms with Gasteiger partial charge < -0.3 is 10.9 Å². The monoisotopic (exact) mass is 250 g/mol. The van der Waals surface area contributed by atoms with Gasteiger partial charge in [-0.15, -0.1) is 0 Å². The molecule has 0 aliphatic heterocycles. The molecule has 0 radical (unpaired) electrons. The third-order valence-electron chi connectivity index (χ3n) is 2.41. The van der Waals surface area contributed by atoms with E-state index in [0.29, 0.717) is 10.6 Å². The van der Waals surface area contributed by atoms with Gasteiger partial charge in [0.1, 0.15) is 0 Å². The Kier molecular flexibility index (Phi) is 3.01. The van der Waals surface area contributed by atoms with Crippen molar-refractivity contribution in [2.24, 2.45) is 10.9 Å². The first-order chi connectivity index (χ1) is 8.11. The van der Waals surface area contributed by atoms with Crippen LogP contribution in [0.3, 0.4) is 0 Å². The summed E-state index contributed by atoms with van der Waals surface area (Å²) in [5, 5.41) is 16.3. The molecule has 88 valence electrons. The maximum absolute atomic E-state index is 8.63. The molecule has 6 heteroatoms. The molecule has 0 aliphatic carbocycles. The predicted octanol–water partition coefficient (Wildman–Crippen LogP) is 1.93. The van der Waals surface area contributed by atoms with Crippen LogP contribution in [-0.2, 0) is 0 Å². The summed E-state index contributed by atoms with van der Waals surface area (Å²) in [5.74, 6) is 0.0903. The molecule has 0 atom stereocenters. The van der Waals surface area contributed by atoms with Crippen LogP contribution in [0.15, 0.2) is 35.7 Å². The van der Waals surface area contributed by atoms with Crippen molar-refractivity contribution in [1.29, 1.82) is 0 Å². The van der Waals surface area contributed by atoms with Crippen LogP contribution in [-0.4, -0.2) is 20.8 Å². The smallest absolute Gasteiger partial charge is 0.170 e. The van der Waals surface area contributed by atoms with E-state index in [4.69, 9.17) is 22.5 Å². The van der Waals surface area contributed by atoms with E-state index in [-0.39, 0.29) is 5.84 Å². The molecule has 3 N–H and O–H groups in total. The average molecular weight is 251 g/mol. The molecule has 1 heterocycles. The molecular formula is C11H11ClN4O. The molecule has 1 aromatic heterocycles. The zero-order valence-corrected chi connectivity index (χ0v) is 9.89. The van der Waals surface area contributed by atoms with E-state index in [1.807, 2.05) is 19.1 Å². The first-order valence-corrected chi connectivity index (χ1v) is 5.28. The largest absolute Gasteiger partial charge is 0.409 e. The second-order valence-corrected chi connectivity index (χ2v) is 4.02. The van der Waals surface area contributed by atoms with Crippen LogP contribution < -0.4 is 5.73 Å².